The minimum Gasteiger partial charge on any atom is -0.456 e. The van der Waals surface area contributed by atoms with E-state index in [0.29, 0.717) is 16.1 Å². The van der Waals surface area contributed by atoms with Gasteiger partial charge in [-0.05, 0) is 29.6 Å². The first-order valence-electron chi connectivity index (χ1n) is 5.02. The Morgan fingerprint density at radius 3 is 2.89 bits per heavy atom. The molecule has 0 saturated heterocycles. The second-order valence-corrected chi connectivity index (χ2v) is 5.35. The van der Waals surface area contributed by atoms with Gasteiger partial charge in [-0.2, -0.15) is 0 Å². The van der Waals surface area contributed by atoms with Gasteiger partial charge in [0.15, 0.2) is 0 Å². The average Bonchev–Trinajstić information content (AvgIpc) is 2.76. The molecule has 2 aromatic rings. The number of rotatable bonds is 3. The van der Waals surface area contributed by atoms with Crippen LogP contribution in [0.2, 0.25) is 0 Å². The number of carbonyl (C=O) groups is 1. The molecule has 0 aliphatic carbocycles. The molecule has 3 nitrogen and oxygen atoms in total. The van der Waals surface area contributed by atoms with E-state index in [1.54, 1.807) is 23.6 Å². The van der Waals surface area contributed by atoms with E-state index in [2.05, 4.69) is 15.9 Å². The summed E-state index contributed by atoms with van der Waals surface area (Å²) in [5.41, 5.74) is 6.28. The Morgan fingerprint density at radius 1 is 1.44 bits per heavy atom. The Hall–Kier alpha value is -1.40. The minimum atomic E-state index is -0.540. The molecule has 1 heterocycles. The van der Waals surface area contributed by atoms with E-state index < -0.39 is 11.8 Å². The van der Waals surface area contributed by atoms with Gasteiger partial charge in [0.1, 0.15) is 17.3 Å². The highest BCUT2D eigenvalue weighted by Crippen LogP contribution is 2.21. The topological polar surface area (TPSA) is 52.3 Å². The smallest absolute Gasteiger partial charge is 0.350 e. The summed E-state index contributed by atoms with van der Waals surface area (Å²) in [6.07, 6.45) is 0. The molecule has 2 N–H and O–H groups in total. The van der Waals surface area contributed by atoms with E-state index in [1.165, 1.54) is 17.4 Å². The molecule has 0 atom stereocenters. The molecule has 0 fully saturated rings. The maximum Gasteiger partial charge on any atom is 0.350 e. The van der Waals surface area contributed by atoms with Crippen LogP contribution >= 0.6 is 27.3 Å². The summed E-state index contributed by atoms with van der Waals surface area (Å²) in [6.45, 7) is -0.124. The van der Waals surface area contributed by atoms with Crippen LogP contribution in [0, 0.1) is 5.82 Å². The molecule has 0 radical (unpaired) electrons. The first-order chi connectivity index (χ1) is 8.58. The van der Waals surface area contributed by atoms with Gasteiger partial charge < -0.3 is 10.5 Å². The molecular weight excluding hydrogens is 321 g/mol. The zero-order valence-electron chi connectivity index (χ0n) is 9.15. The maximum absolute atomic E-state index is 13.4. The molecular formula is C12H9BrFNO2S. The Balaban J connectivity index is 2.06. The third kappa shape index (κ3) is 2.88. The fraction of sp³-hybridized carbons (Fsp3) is 0.0833. The molecule has 0 amide bonds. The zero-order chi connectivity index (χ0) is 13.1. The quantitative estimate of drug-likeness (QED) is 0.875. The van der Waals surface area contributed by atoms with Crippen LogP contribution in [0.5, 0.6) is 0 Å². The van der Waals surface area contributed by atoms with Gasteiger partial charge in [0.25, 0.3) is 0 Å². The average molecular weight is 330 g/mol. The summed E-state index contributed by atoms with van der Waals surface area (Å²) in [7, 11) is 0. The lowest BCUT2D eigenvalue weighted by Gasteiger charge is -2.06. The van der Waals surface area contributed by atoms with Gasteiger partial charge in [-0.25, -0.2) is 9.18 Å². The Labute approximate surface area is 116 Å². The molecule has 1 aromatic heterocycles. The van der Waals surface area contributed by atoms with Gasteiger partial charge in [0.2, 0.25) is 0 Å². The standard InChI is InChI=1S/C12H9BrFNO2S/c13-8-1-2-9(14)7(5-8)6-17-12(16)11-10(15)3-4-18-11/h1-5H,6,15H2. The van der Waals surface area contributed by atoms with Crippen molar-refractivity contribution in [2.24, 2.45) is 0 Å². The fourth-order valence-electron chi connectivity index (χ4n) is 1.35. The molecule has 0 saturated carbocycles. The number of esters is 1. The second-order valence-electron chi connectivity index (χ2n) is 3.52. The third-order valence-corrected chi connectivity index (χ3v) is 3.65. The second kappa shape index (κ2) is 5.49. The van der Waals surface area contributed by atoms with Crippen molar-refractivity contribution in [3.63, 3.8) is 0 Å². The number of anilines is 1. The van der Waals surface area contributed by atoms with Crippen molar-refractivity contribution in [1.82, 2.24) is 0 Å². The van der Waals surface area contributed by atoms with Gasteiger partial charge in [-0.3, -0.25) is 0 Å². The predicted molar refractivity (Wildman–Crippen MR) is 72.0 cm³/mol. The third-order valence-electron chi connectivity index (χ3n) is 2.25. The van der Waals surface area contributed by atoms with Crippen LogP contribution in [0.1, 0.15) is 15.2 Å². The summed E-state index contributed by atoms with van der Waals surface area (Å²) in [6, 6.07) is 6.09. The first-order valence-corrected chi connectivity index (χ1v) is 6.69. The van der Waals surface area contributed by atoms with Crippen LogP contribution < -0.4 is 5.73 Å². The van der Waals surface area contributed by atoms with Crippen molar-refractivity contribution in [2.75, 3.05) is 5.73 Å². The Morgan fingerprint density at radius 2 is 2.22 bits per heavy atom. The number of nitrogens with two attached hydrogens (primary N) is 1. The molecule has 6 heteroatoms. The number of thiophene rings is 1. The number of benzene rings is 1. The molecule has 0 aliphatic heterocycles. The number of hydrogen-bond acceptors (Lipinski definition) is 4. The summed E-state index contributed by atoms with van der Waals surface area (Å²) in [4.78, 5) is 12.0. The number of halogens is 2. The summed E-state index contributed by atoms with van der Waals surface area (Å²) >= 11 is 4.43. The number of ether oxygens (including phenoxy) is 1. The van der Waals surface area contributed by atoms with Crippen molar-refractivity contribution < 1.29 is 13.9 Å². The highest BCUT2D eigenvalue weighted by molar-refractivity contribution is 9.10. The number of nitrogen functional groups attached to an aromatic ring is 1. The van der Waals surface area contributed by atoms with Crippen molar-refractivity contribution in [3.8, 4) is 0 Å². The van der Waals surface area contributed by atoms with Gasteiger partial charge >= 0.3 is 5.97 Å². The molecule has 0 aliphatic rings. The Kier molecular flexibility index (Phi) is 3.98. The first kappa shape index (κ1) is 13.0. The molecule has 0 unspecified atom stereocenters. The van der Waals surface area contributed by atoms with Gasteiger partial charge in [-0.15, -0.1) is 11.3 Å². The van der Waals surface area contributed by atoms with E-state index in [-0.39, 0.29) is 6.61 Å². The lowest BCUT2D eigenvalue weighted by atomic mass is 10.2. The fourth-order valence-corrected chi connectivity index (χ4v) is 2.47. The SMILES string of the molecule is Nc1ccsc1C(=O)OCc1cc(Br)ccc1F. The molecule has 18 heavy (non-hydrogen) atoms. The monoisotopic (exact) mass is 329 g/mol. The number of hydrogen-bond donors (Lipinski definition) is 1. The van der Waals surface area contributed by atoms with Gasteiger partial charge in [0, 0.05) is 10.0 Å². The van der Waals surface area contributed by atoms with Crippen molar-refractivity contribution >= 4 is 38.9 Å². The molecule has 0 bridgehead atoms. The van der Waals surface area contributed by atoms with Crippen LogP contribution in [-0.4, -0.2) is 5.97 Å². The summed E-state index contributed by atoms with van der Waals surface area (Å²) in [5, 5.41) is 1.70. The van der Waals surface area contributed by atoms with Crippen LogP contribution in [0.25, 0.3) is 0 Å². The minimum absolute atomic E-state index is 0.124. The summed E-state index contributed by atoms with van der Waals surface area (Å²) in [5.74, 6) is -0.952. The molecule has 2 rings (SSSR count). The van der Waals surface area contributed by atoms with E-state index in [0.717, 1.165) is 4.47 Å². The van der Waals surface area contributed by atoms with E-state index in [1.807, 2.05) is 0 Å². The molecule has 0 spiro atoms. The lowest BCUT2D eigenvalue weighted by Crippen LogP contribution is -2.06. The van der Waals surface area contributed by atoms with E-state index in [4.69, 9.17) is 10.5 Å². The van der Waals surface area contributed by atoms with E-state index >= 15 is 0 Å². The maximum atomic E-state index is 13.4. The highest BCUT2D eigenvalue weighted by atomic mass is 79.9. The molecule has 1 aromatic carbocycles. The van der Waals surface area contributed by atoms with Crippen molar-refractivity contribution in [2.45, 2.75) is 6.61 Å². The van der Waals surface area contributed by atoms with Crippen molar-refractivity contribution in [3.05, 3.63) is 50.4 Å². The van der Waals surface area contributed by atoms with Gasteiger partial charge in [0.05, 0.1) is 5.69 Å². The van der Waals surface area contributed by atoms with Crippen LogP contribution in [0.15, 0.2) is 34.1 Å². The zero-order valence-corrected chi connectivity index (χ0v) is 11.6. The summed E-state index contributed by atoms with van der Waals surface area (Å²) < 4.78 is 19.2. The Bertz CT molecular complexity index is 585. The van der Waals surface area contributed by atoms with Crippen LogP contribution in [-0.2, 0) is 11.3 Å². The van der Waals surface area contributed by atoms with Crippen LogP contribution in [0.3, 0.4) is 0 Å². The van der Waals surface area contributed by atoms with E-state index in [9.17, 15) is 9.18 Å². The van der Waals surface area contributed by atoms with Crippen molar-refractivity contribution in [1.29, 1.82) is 0 Å². The lowest BCUT2D eigenvalue weighted by molar-refractivity contribution is 0.0476. The highest BCUT2D eigenvalue weighted by Gasteiger charge is 2.13. The normalized spacial score (nSPS) is 10.3. The van der Waals surface area contributed by atoms with Gasteiger partial charge in [-0.1, -0.05) is 15.9 Å². The largest absolute Gasteiger partial charge is 0.456 e. The number of carbonyl (C=O) groups excluding carboxylic acids is 1. The van der Waals surface area contributed by atoms with Crippen LogP contribution in [0.4, 0.5) is 10.1 Å². The predicted octanol–water partition coefficient (Wildman–Crippen LogP) is 3.59. The molecule has 94 valence electrons.